The minimum atomic E-state index is -0.413. The van der Waals surface area contributed by atoms with E-state index in [0.29, 0.717) is 0 Å². The van der Waals surface area contributed by atoms with Gasteiger partial charge in [-0.1, -0.05) is 72.8 Å². The molecule has 1 fully saturated rings. The highest BCUT2D eigenvalue weighted by molar-refractivity contribution is 6.62. The molecular weight excluding hydrogens is 467 g/mol. The topological polar surface area (TPSA) is 34.6 Å². The van der Waals surface area contributed by atoms with Gasteiger partial charge in [0.05, 0.1) is 22.6 Å². The molecule has 4 aromatic carbocycles. The molecule has 0 radical (unpaired) electrons. The van der Waals surface area contributed by atoms with E-state index in [9.17, 15) is 0 Å². The Bertz CT molecular complexity index is 1540. The number of rotatable bonds is 5. The van der Waals surface area contributed by atoms with Crippen molar-refractivity contribution in [2.24, 2.45) is 0 Å². The molecule has 5 aromatic rings. The van der Waals surface area contributed by atoms with Gasteiger partial charge in [-0.25, -0.2) is 0 Å². The van der Waals surface area contributed by atoms with E-state index < -0.39 is 7.12 Å². The fourth-order valence-electron chi connectivity index (χ4n) is 4.88. The highest BCUT2D eigenvalue weighted by Gasteiger charge is 2.51. The minimum absolute atomic E-state index is 0.374. The molecule has 0 saturated carbocycles. The third-order valence-corrected chi connectivity index (χ3v) is 7.75. The lowest BCUT2D eigenvalue weighted by atomic mass is 9.80. The Morgan fingerprint density at radius 3 is 1.95 bits per heavy atom. The van der Waals surface area contributed by atoms with Crippen molar-refractivity contribution >= 4 is 40.4 Å². The van der Waals surface area contributed by atoms with Crippen LogP contribution in [0.25, 0.3) is 22.0 Å². The lowest BCUT2D eigenvalue weighted by molar-refractivity contribution is 0.00578. The van der Waals surface area contributed by atoms with Crippen LogP contribution >= 0.6 is 0 Å². The summed E-state index contributed by atoms with van der Waals surface area (Å²) < 4.78 is 12.4. The third-order valence-electron chi connectivity index (χ3n) is 7.75. The number of nitrogens with zero attached hydrogens (tertiary/aromatic N) is 2. The fourth-order valence-corrected chi connectivity index (χ4v) is 4.88. The van der Waals surface area contributed by atoms with Gasteiger partial charge in [-0.15, -0.1) is 0 Å². The van der Waals surface area contributed by atoms with Crippen molar-refractivity contribution in [3.05, 3.63) is 115 Å². The summed E-state index contributed by atoms with van der Waals surface area (Å²) in [6, 6.07) is 38.1. The number of pyridine rings is 1. The minimum Gasteiger partial charge on any atom is -0.399 e. The van der Waals surface area contributed by atoms with Gasteiger partial charge in [-0.3, -0.25) is 4.98 Å². The van der Waals surface area contributed by atoms with E-state index in [1.165, 1.54) is 10.8 Å². The smallest absolute Gasteiger partial charge is 0.399 e. The molecular formula is C33H31BN2O2. The Morgan fingerprint density at radius 1 is 0.632 bits per heavy atom. The van der Waals surface area contributed by atoms with Gasteiger partial charge in [0.15, 0.2) is 0 Å². The number of anilines is 3. The second-order valence-electron chi connectivity index (χ2n) is 10.8. The van der Waals surface area contributed by atoms with Crippen molar-refractivity contribution in [1.29, 1.82) is 0 Å². The first kappa shape index (κ1) is 24.4. The van der Waals surface area contributed by atoms with Crippen LogP contribution < -0.4 is 10.4 Å². The molecule has 1 saturated heterocycles. The molecule has 0 unspecified atom stereocenters. The highest BCUT2D eigenvalue weighted by Crippen LogP contribution is 2.39. The predicted octanol–water partition coefficient (Wildman–Crippen LogP) is 7.67. The number of benzene rings is 4. The van der Waals surface area contributed by atoms with Gasteiger partial charge in [0.1, 0.15) is 0 Å². The predicted molar refractivity (Wildman–Crippen MR) is 158 cm³/mol. The first-order chi connectivity index (χ1) is 18.3. The van der Waals surface area contributed by atoms with Crippen molar-refractivity contribution in [2.75, 3.05) is 4.90 Å². The molecule has 0 aliphatic carbocycles. The van der Waals surface area contributed by atoms with Crippen molar-refractivity contribution in [1.82, 2.24) is 4.98 Å². The Labute approximate surface area is 225 Å². The van der Waals surface area contributed by atoms with Crippen LogP contribution in [0.5, 0.6) is 0 Å². The van der Waals surface area contributed by atoms with Gasteiger partial charge in [0.25, 0.3) is 0 Å². The summed E-state index contributed by atoms with van der Waals surface area (Å²) in [6.45, 7) is 8.25. The summed E-state index contributed by atoms with van der Waals surface area (Å²) in [7, 11) is -0.413. The zero-order chi connectivity index (χ0) is 26.3. The zero-order valence-corrected chi connectivity index (χ0v) is 22.3. The largest absolute Gasteiger partial charge is 0.496 e. The van der Waals surface area contributed by atoms with Crippen molar-refractivity contribution < 1.29 is 9.31 Å². The number of hydrogen-bond acceptors (Lipinski definition) is 4. The Balaban J connectivity index is 1.32. The van der Waals surface area contributed by atoms with Crippen LogP contribution in [0.1, 0.15) is 27.7 Å². The molecule has 38 heavy (non-hydrogen) atoms. The maximum absolute atomic E-state index is 6.18. The third kappa shape index (κ3) is 4.38. The molecule has 1 aliphatic rings. The average Bonchev–Trinajstić information content (AvgIpc) is 3.16. The van der Waals surface area contributed by atoms with E-state index in [0.717, 1.165) is 33.8 Å². The van der Waals surface area contributed by atoms with Crippen LogP contribution in [-0.4, -0.2) is 23.3 Å². The van der Waals surface area contributed by atoms with Gasteiger partial charge in [-0.2, -0.15) is 0 Å². The second kappa shape index (κ2) is 9.43. The quantitative estimate of drug-likeness (QED) is 0.233. The highest BCUT2D eigenvalue weighted by atomic mass is 16.7. The summed E-state index contributed by atoms with van der Waals surface area (Å²) in [5, 5.41) is 2.43. The first-order valence-corrected chi connectivity index (χ1v) is 13.1. The number of hydrogen-bond donors (Lipinski definition) is 0. The lowest BCUT2D eigenvalue weighted by Crippen LogP contribution is -2.41. The van der Waals surface area contributed by atoms with Crippen LogP contribution in [0.3, 0.4) is 0 Å². The van der Waals surface area contributed by atoms with Crippen molar-refractivity contribution in [3.63, 3.8) is 0 Å². The molecule has 1 aromatic heterocycles. The van der Waals surface area contributed by atoms with E-state index in [1.807, 2.05) is 24.4 Å². The van der Waals surface area contributed by atoms with Crippen molar-refractivity contribution in [3.8, 4) is 11.3 Å². The molecule has 1 aliphatic heterocycles. The number of aromatic nitrogens is 1. The van der Waals surface area contributed by atoms with Crippen molar-refractivity contribution in [2.45, 2.75) is 38.9 Å². The molecule has 0 N–H and O–H groups in total. The standard InChI is InChI=1S/C33H31BN2O2/c1-32(2)33(3,4)38-34(37-32)26-19-22-30(35-23-26)25-17-20-28(21-18-25)36(27-13-6-5-7-14-27)31-16-10-12-24-11-8-9-15-29(24)31/h5-23H,1-4H3. The van der Waals surface area contributed by atoms with Gasteiger partial charge in [0.2, 0.25) is 0 Å². The molecule has 0 atom stereocenters. The lowest BCUT2D eigenvalue weighted by Gasteiger charge is -2.32. The van der Waals surface area contributed by atoms with E-state index in [-0.39, 0.29) is 11.2 Å². The van der Waals surface area contributed by atoms with E-state index in [4.69, 9.17) is 14.3 Å². The van der Waals surface area contributed by atoms with Crippen LogP contribution in [0.2, 0.25) is 0 Å². The van der Waals surface area contributed by atoms with Crippen LogP contribution in [0.15, 0.2) is 115 Å². The molecule has 0 bridgehead atoms. The average molecular weight is 498 g/mol. The van der Waals surface area contributed by atoms with Gasteiger partial charge >= 0.3 is 7.12 Å². The van der Waals surface area contributed by atoms with E-state index >= 15 is 0 Å². The van der Waals surface area contributed by atoms with Gasteiger partial charge in [-0.05, 0) is 69.5 Å². The Morgan fingerprint density at radius 2 is 1.26 bits per heavy atom. The molecule has 4 nitrogen and oxygen atoms in total. The SMILES string of the molecule is CC1(C)OB(c2ccc(-c3ccc(N(c4ccccc4)c4cccc5ccccc45)cc3)nc2)OC1(C)C. The Kier molecular flexibility index (Phi) is 6.06. The molecule has 0 spiro atoms. The van der Waals surface area contributed by atoms with E-state index in [1.54, 1.807) is 0 Å². The first-order valence-electron chi connectivity index (χ1n) is 13.1. The zero-order valence-electron chi connectivity index (χ0n) is 22.3. The molecule has 188 valence electrons. The summed E-state index contributed by atoms with van der Waals surface area (Å²) in [4.78, 5) is 7.05. The van der Waals surface area contributed by atoms with Gasteiger partial charge < -0.3 is 14.2 Å². The maximum Gasteiger partial charge on any atom is 0.496 e. The number of para-hydroxylation sites is 1. The number of fused-ring (bicyclic) bond motifs is 1. The van der Waals surface area contributed by atoms with E-state index in [2.05, 4.69) is 124 Å². The Hall–Kier alpha value is -3.93. The summed E-state index contributed by atoms with van der Waals surface area (Å²) in [5.41, 5.74) is 5.49. The monoisotopic (exact) mass is 498 g/mol. The molecule has 5 heteroatoms. The van der Waals surface area contributed by atoms with Gasteiger partial charge in [0, 0.05) is 34.0 Å². The summed E-state index contributed by atoms with van der Waals surface area (Å²) in [5.74, 6) is 0. The normalized spacial score (nSPS) is 16.1. The second-order valence-corrected chi connectivity index (χ2v) is 10.8. The molecule has 0 amide bonds. The van der Waals surface area contributed by atoms with Crippen LogP contribution in [0.4, 0.5) is 17.1 Å². The molecule has 2 heterocycles. The summed E-state index contributed by atoms with van der Waals surface area (Å²) in [6.07, 6.45) is 1.86. The fraction of sp³-hybridized carbons (Fsp3) is 0.182. The maximum atomic E-state index is 6.18. The van der Waals surface area contributed by atoms with Crippen LogP contribution in [-0.2, 0) is 9.31 Å². The van der Waals surface area contributed by atoms with Crippen LogP contribution in [0, 0.1) is 0 Å². The molecule has 6 rings (SSSR count). The summed E-state index contributed by atoms with van der Waals surface area (Å²) >= 11 is 0.